The van der Waals surface area contributed by atoms with Crippen LogP contribution in [0, 0.1) is 5.41 Å². The van der Waals surface area contributed by atoms with Crippen molar-refractivity contribution in [3.8, 4) is 0 Å². The monoisotopic (exact) mass is 322 g/mol. The third kappa shape index (κ3) is 2.40. The van der Waals surface area contributed by atoms with Gasteiger partial charge in [0.25, 0.3) is 5.91 Å². The summed E-state index contributed by atoms with van der Waals surface area (Å²) in [5, 5.41) is 15.1. The summed E-state index contributed by atoms with van der Waals surface area (Å²) >= 11 is 1.28. The predicted octanol–water partition coefficient (Wildman–Crippen LogP) is 2.95. The molecule has 4 rings (SSSR count). The maximum atomic E-state index is 12.2. The predicted molar refractivity (Wildman–Crippen MR) is 89.3 cm³/mol. The minimum absolute atomic E-state index is 0.00479. The van der Waals surface area contributed by atoms with Gasteiger partial charge in [0.1, 0.15) is 10.8 Å². The van der Waals surface area contributed by atoms with Crippen LogP contribution in [0.1, 0.15) is 11.3 Å². The SMILES string of the molecule is N=C1/C(=C\c2ccco2)C(=O)N=C2SC(c3ccccc3)=NN12. The Kier molecular flexibility index (Phi) is 3.20. The van der Waals surface area contributed by atoms with Gasteiger partial charge < -0.3 is 4.42 Å². The van der Waals surface area contributed by atoms with Gasteiger partial charge in [-0.3, -0.25) is 10.2 Å². The van der Waals surface area contributed by atoms with Crippen LogP contribution in [0.4, 0.5) is 0 Å². The van der Waals surface area contributed by atoms with Crippen LogP contribution in [-0.4, -0.2) is 27.0 Å². The highest BCUT2D eigenvalue weighted by molar-refractivity contribution is 8.27. The van der Waals surface area contributed by atoms with Crippen LogP contribution in [0.2, 0.25) is 0 Å². The number of hydrogen-bond donors (Lipinski definition) is 1. The van der Waals surface area contributed by atoms with Crippen molar-refractivity contribution in [3.05, 3.63) is 65.6 Å². The van der Waals surface area contributed by atoms with Crippen LogP contribution in [0.25, 0.3) is 6.08 Å². The largest absolute Gasteiger partial charge is 0.465 e. The van der Waals surface area contributed by atoms with Crippen LogP contribution >= 0.6 is 11.8 Å². The summed E-state index contributed by atoms with van der Waals surface area (Å²) in [5.41, 5.74) is 1.08. The number of aliphatic imine (C=N–C) groups is 1. The van der Waals surface area contributed by atoms with Crippen LogP contribution in [0.5, 0.6) is 0 Å². The molecule has 0 fully saturated rings. The van der Waals surface area contributed by atoms with Gasteiger partial charge in [-0.25, -0.2) is 0 Å². The lowest BCUT2D eigenvalue weighted by Gasteiger charge is -2.19. The van der Waals surface area contributed by atoms with Gasteiger partial charge in [-0.15, -0.1) is 0 Å². The highest BCUT2D eigenvalue weighted by Crippen LogP contribution is 2.30. The van der Waals surface area contributed by atoms with E-state index in [1.165, 1.54) is 29.1 Å². The number of carbonyl (C=O) groups is 1. The van der Waals surface area contributed by atoms with Crippen molar-refractivity contribution < 1.29 is 9.21 Å². The molecule has 0 saturated carbocycles. The molecule has 0 radical (unpaired) electrons. The van der Waals surface area contributed by atoms with Crippen molar-refractivity contribution in [1.82, 2.24) is 5.01 Å². The van der Waals surface area contributed by atoms with Crippen molar-refractivity contribution in [2.24, 2.45) is 10.1 Å². The van der Waals surface area contributed by atoms with Crippen molar-refractivity contribution >= 4 is 39.8 Å². The van der Waals surface area contributed by atoms with E-state index in [9.17, 15) is 4.79 Å². The summed E-state index contributed by atoms with van der Waals surface area (Å²) in [6, 6.07) is 13.0. The average molecular weight is 322 g/mol. The van der Waals surface area contributed by atoms with Gasteiger partial charge >= 0.3 is 0 Å². The summed E-state index contributed by atoms with van der Waals surface area (Å²) in [7, 11) is 0. The third-order valence-electron chi connectivity index (χ3n) is 3.31. The minimum Gasteiger partial charge on any atom is -0.465 e. The van der Waals surface area contributed by atoms with Crippen molar-refractivity contribution in [2.45, 2.75) is 0 Å². The smallest absolute Gasteiger partial charge is 0.283 e. The molecule has 2 aliphatic rings. The molecule has 0 bridgehead atoms. The zero-order valence-corrected chi connectivity index (χ0v) is 12.6. The lowest BCUT2D eigenvalue weighted by molar-refractivity contribution is -0.114. The molecule has 2 aliphatic heterocycles. The Bertz CT molecular complexity index is 882. The minimum atomic E-state index is -0.463. The number of carbonyl (C=O) groups excluding carboxylic acids is 1. The maximum absolute atomic E-state index is 12.2. The average Bonchev–Trinajstić information content (AvgIpc) is 3.22. The molecule has 0 aliphatic carbocycles. The number of fused-ring (bicyclic) bond motifs is 1. The molecule has 7 heteroatoms. The van der Waals surface area contributed by atoms with E-state index in [2.05, 4.69) is 10.1 Å². The second kappa shape index (κ2) is 5.36. The zero-order chi connectivity index (χ0) is 15.8. The summed E-state index contributed by atoms with van der Waals surface area (Å²) in [5.74, 6) is 0.0281. The molecule has 3 heterocycles. The number of furan rings is 1. The van der Waals surface area contributed by atoms with Crippen molar-refractivity contribution in [3.63, 3.8) is 0 Å². The molecule has 0 saturated heterocycles. The second-order valence-electron chi connectivity index (χ2n) is 4.81. The van der Waals surface area contributed by atoms with Gasteiger partial charge in [0.2, 0.25) is 5.17 Å². The third-order valence-corrected chi connectivity index (χ3v) is 4.26. The fourth-order valence-corrected chi connectivity index (χ4v) is 3.10. The van der Waals surface area contributed by atoms with E-state index in [1.54, 1.807) is 12.1 Å². The maximum Gasteiger partial charge on any atom is 0.283 e. The Morgan fingerprint density at radius 3 is 2.74 bits per heavy atom. The standard InChI is InChI=1S/C16H10N4O2S/c17-13-12(9-11-7-4-8-22-11)14(21)18-16-20(13)19-15(23-16)10-5-2-1-3-6-10/h1-9,17H/b12-9+,17-13?. The van der Waals surface area contributed by atoms with Gasteiger partial charge in [0.05, 0.1) is 11.8 Å². The Balaban J connectivity index is 1.71. The number of nitrogens with zero attached hydrogens (tertiary/aromatic N) is 3. The highest BCUT2D eigenvalue weighted by atomic mass is 32.2. The summed E-state index contributed by atoms with van der Waals surface area (Å²) < 4.78 is 5.20. The normalized spacial score (nSPS) is 19.0. The quantitative estimate of drug-likeness (QED) is 0.862. The molecular formula is C16H10N4O2S. The Hall–Kier alpha value is -2.93. The molecule has 2 aromatic rings. The molecule has 0 unspecified atom stereocenters. The summed E-state index contributed by atoms with van der Waals surface area (Å²) in [4.78, 5) is 16.2. The molecule has 0 atom stereocenters. The Labute approximate surface area is 135 Å². The molecule has 1 amide bonds. The summed E-state index contributed by atoms with van der Waals surface area (Å²) in [6.45, 7) is 0. The van der Waals surface area contributed by atoms with Gasteiger partial charge in [-0.2, -0.15) is 15.1 Å². The lowest BCUT2D eigenvalue weighted by atomic mass is 10.1. The summed E-state index contributed by atoms with van der Waals surface area (Å²) in [6.07, 6.45) is 3.01. The van der Waals surface area contributed by atoms with Crippen LogP contribution < -0.4 is 0 Å². The number of rotatable bonds is 2. The van der Waals surface area contributed by atoms with Gasteiger partial charge in [-0.05, 0) is 30.0 Å². The number of benzene rings is 1. The molecule has 1 aromatic carbocycles. The van der Waals surface area contributed by atoms with E-state index in [0.29, 0.717) is 16.0 Å². The van der Waals surface area contributed by atoms with E-state index in [4.69, 9.17) is 9.83 Å². The number of amides is 1. The molecule has 1 N–H and O–H groups in total. The number of amidine groups is 2. The first-order valence-corrected chi connectivity index (χ1v) is 7.63. The van der Waals surface area contributed by atoms with Crippen molar-refractivity contribution in [2.75, 3.05) is 0 Å². The number of hydrazone groups is 1. The highest BCUT2D eigenvalue weighted by Gasteiger charge is 2.36. The van der Waals surface area contributed by atoms with E-state index in [-0.39, 0.29) is 11.4 Å². The number of hydrogen-bond acceptors (Lipinski definition) is 5. The van der Waals surface area contributed by atoms with E-state index < -0.39 is 5.91 Å². The van der Waals surface area contributed by atoms with Crippen LogP contribution in [-0.2, 0) is 4.79 Å². The van der Waals surface area contributed by atoms with Crippen LogP contribution in [0.15, 0.2) is 68.8 Å². The molecule has 23 heavy (non-hydrogen) atoms. The zero-order valence-electron chi connectivity index (χ0n) is 11.8. The topological polar surface area (TPSA) is 82.0 Å². The Morgan fingerprint density at radius 2 is 2.00 bits per heavy atom. The fourth-order valence-electron chi connectivity index (χ4n) is 2.21. The molecular weight excluding hydrogens is 312 g/mol. The van der Waals surface area contributed by atoms with E-state index in [0.717, 1.165) is 5.56 Å². The second-order valence-corrected chi connectivity index (χ2v) is 5.76. The van der Waals surface area contributed by atoms with Crippen molar-refractivity contribution in [1.29, 1.82) is 5.41 Å². The van der Waals surface area contributed by atoms with Gasteiger partial charge in [0, 0.05) is 5.56 Å². The first-order chi connectivity index (χ1) is 11.2. The molecule has 112 valence electrons. The first-order valence-electron chi connectivity index (χ1n) is 6.81. The van der Waals surface area contributed by atoms with E-state index in [1.807, 2.05) is 30.3 Å². The molecule has 1 aromatic heterocycles. The molecule has 6 nitrogen and oxygen atoms in total. The fraction of sp³-hybridized carbons (Fsp3) is 0. The lowest BCUT2D eigenvalue weighted by Crippen LogP contribution is -2.35. The Morgan fingerprint density at radius 1 is 1.17 bits per heavy atom. The first kappa shape index (κ1) is 13.7. The van der Waals surface area contributed by atoms with Gasteiger partial charge in [-0.1, -0.05) is 30.3 Å². The molecule has 0 spiro atoms. The number of thioether (sulfide) groups is 1. The van der Waals surface area contributed by atoms with E-state index >= 15 is 0 Å². The number of nitrogens with one attached hydrogen (secondary N) is 1. The van der Waals surface area contributed by atoms with Gasteiger partial charge in [0.15, 0.2) is 5.84 Å². The van der Waals surface area contributed by atoms with Crippen LogP contribution in [0.3, 0.4) is 0 Å².